The van der Waals surface area contributed by atoms with E-state index in [9.17, 15) is 0 Å². The molecule has 0 bridgehead atoms. The molecule has 0 aliphatic heterocycles. The molecule has 0 saturated carbocycles. The Morgan fingerprint density at radius 2 is 2.05 bits per heavy atom. The second-order valence-corrected chi connectivity index (χ2v) is 5.84. The van der Waals surface area contributed by atoms with Crippen molar-refractivity contribution in [2.75, 3.05) is 11.9 Å². The number of anilines is 1. The summed E-state index contributed by atoms with van der Waals surface area (Å²) in [4.78, 5) is 16.6. The van der Waals surface area contributed by atoms with Gasteiger partial charge in [-0.25, -0.2) is 15.0 Å². The largest absolute Gasteiger partial charge is 0.369 e. The molecule has 0 radical (unpaired) electrons. The van der Waals surface area contributed by atoms with Gasteiger partial charge in [-0.2, -0.15) is 0 Å². The highest BCUT2D eigenvalue weighted by Crippen LogP contribution is 2.21. The van der Waals surface area contributed by atoms with Gasteiger partial charge in [0.05, 0.1) is 10.4 Å². The van der Waals surface area contributed by atoms with Crippen LogP contribution in [-0.2, 0) is 6.42 Å². The van der Waals surface area contributed by atoms with Gasteiger partial charge in [-0.05, 0) is 26.8 Å². The van der Waals surface area contributed by atoms with Crippen molar-refractivity contribution >= 4 is 28.2 Å². The molecule has 5 nitrogen and oxygen atoms in total. The molecule has 0 unspecified atom stereocenters. The lowest BCUT2D eigenvalue weighted by molar-refractivity contribution is 0.970. The molecular weight excluding hydrogens is 270 g/mol. The molecular formula is C14H17N5S. The minimum absolute atomic E-state index is 0.770. The van der Waals surface area contributed by atoms with Crippen LogP contribution in [0.5, 0.6) is 0 Å². The third-order valence-corrected chi connectivity index (χ3v) is 4.06. The molecule has 3 rings (SSSR count). The van der Waals surface area contributed by atoms with Gasteiger partial charge in [0.25, 0.3) is 0 Å². The molecule has 0 aliphatic rings. The maximum atomic E-state index is 4.49. The van der Waals surface area contributed by atoms with E-state index in [4.69, 9.17) is 0 Å². The first-order valence-corrected chi connectivity index (χ1v) is 7.48. The molecule has 0 aromatic carbocycles. The van der Waals surface area contributed by atoms with Crippen LogP contribution in [0.1, 0.15) is 22.2 Å². The van der Waals surface area contributed by atoms with E-state index in [1.165, 1.54) is 0 Å². The number of fused-ring (bicyclic) bond motifs is 1. The average molecular weight is 287 g/mol. The Morgan fingerprint density at radius 3 is 2.80 bits per heavy atom. The lowest BCUT2D eigenvalue weighted by atomic mass is 10.3. The number of nitrogens with one attached hydrogen (secondary N) is 2. The van der Waals surface area contributed by atoms with E-state index in [0.29, 0.717) is 0 Å². The summed E-state index contributed by atoms with van der Waals surface area (Å²) in [5, 5.41) is 7.68. The first-order valence-electron chi connectivity index (χ1n) is 6.60. The normalized spacial score (nSPS) is 11.2. The van der Waals surface area contributed by atoms with Gasteiger partial charge in [0.1, 0.15) is 17.3 Å². The molecule has 0 aliphatic carbocycles. The number of H-pyrrole nitrogens is 1. The molecule has 3 aromatic heterocycles. The molecule has 2 N–H and O–H groups in total. The van der Waals surface area contributed by atoms with Crippen molar-refractivity contribution in [1.82, 2.24) is 19.9 Å². The zero-order chi connectivity index (χ0) is 14.1. The summed E-state index contributed by atoms with van der Waals surface area (Å²) >= 11 is 1.71. The SMILES string of the molecule is Cc1csc(CCNc2nc(C)nc3[nH]c(C)cc23)n1. The number of nitrogens with zero attached hydrogens (tertiary/aromatic N) is 3. The lowest BCUT2D eigenvalue weighted by Crippen LogP contribution is -2.07. The smallest absolute Gasteiger partial charge is 0.143 e. The van der Waals surface area contributed by atoms with Gasteiger partial charge in [-0.1, -0.05) is 0 Å². The number of rotatable bonds is 4. The Kier molecular flexibility index (Phi) is 3.40. The molecule has 0 amide bonds. The Balaban J connectivity index is 1.76. The molecule has 0 spiro atoms. The summed E-state index contributed by atoms with van der Waals surface area (Å²) < 4.78 is 0. The lowest BCUT2D eigenvalue weighted by Gasteiger charge is -2.06. The summed E-state index contributed by atoms with van der Waals surface area (Å²) in [5.41, 5.74) is 3.08. The van der Waals surface area contributed by atoms with Crippen LogP contribution in [-0.4, -0.2) is 26.5 Å². The van der Waals surface area contributed by atoms with Gasteiger partial charge >= 0.3 is 0 Å². The number of aromatic amines is 1. The van der Waals surface area contributed by atoms with Crippen LogP contribution < -0.4 is 5.32 Å². The van der Waals surface area contributed by atoms with Gasteiger partial charge in [-0.15, -0.1) is 11.3 Å². The average Bonchev–Trinajstić information content (AvgIpc) is 2.94. The molecule has 3 aromatic rings. The van der Waals surface area contributed by atoms with Crippen molar-refractivity contribution in [2.45, 2.75) is 27.2 Å². The first-order chi connectivity index (χ1) is 9.61. The van der Waals surface area contributed by atoms with E-state index < -0.39 is 0 Å². The fourth-order valence-corrected chi connectivity index (χ4v) is 2.97. The summed E-state index contributed by atoms with van der Waals surface area (Å²) in [6.07, 6.45) is 0.909. The number of hydrogen-bond donors (Lipinski definition) is 2. The molecule has 0 saturated heterocycles. The number of aromatic nitrogens is 4. The first kappa shape index (κ1) is 13.1. The molecule has 104 valence electrons. The highest BCUT2D eigenvalue weighted by atomic mass is 32.1. The number of thiazole rings is 1. The minimum Gasteiger partial charge on any atom is -0.369 e. The predicted molar refractivity (Wildman–Crippen MR) is 82.4 cm³/mol. The van der Waals surface area contributed by atoms with E-state index in [1.54, 1.807) is 11.3 Å². The van der Waals surface area contributed by atoms with Crippen LogP contribution in [0.4, 0.5) is 5.82 Å². The molecule has 0 fully saturated rings. The molecule has 3 heterocycles. The van der Waals surface area contributed by atoms with Gasteiger partial charge in [0.15, 0.2) is 0 Å². The third-order valence-electron chi connectivity index (χ3n) is 3.03. The highest BCUT2D eigenvalue weighted by molar-refractivity contribution is 7.09. The summed E-state index contributed by atoms with van der Waals surface area (Å²) in [5.74, 6) is 1.66. The van der Waals surface area contributed by atoms with Crippen molar-refractivity contribution in [3.8, 4) is 0 Å². The topological polar surface area (TPSA) is 66.5 Å². The van der Waals surface area contributed by atoms with Gasteiger partial charge < -0.3 is 10.3 Å². The summed E-state index contributed by atoms with van der Waals surface area (Å²) in [6, 6.07) is 2.07. The van der Waals surface area contributed by atoms with Crippen LogP contribution in [0.2, 0.25) is 0 Å². The van der Waals surface area contributed by atoms with Gasteiger partial charge in [0, 0.05) is 29.7 Å². The van der Waals surface area contributed by atoms with Crippen molar-refractivity contribution in [3.05, 3.63) is 33.7 Å². The number of aryl methyl sites for hydroxylation is 3. The van der Waals surface area contributed by atoms with Crippen LogP contribution in [0.3, 0.4) is 0 Å². The van der Waals surface area contributed by atoms with E-state index in [-0.39, 0.29) is 0 Å². The molecule has 20 heavy (non-hydrogen) atoms. The number of hydrogen-bond acceptors (Lipinski definition) is 5. The zero-order valence-corrected chi connectivity index (χ0v) is 12.6. The maximum Gasteiger partial charge on any atom is 0.143 e. The Labute approximate surface area is 121 Å². The van der Waals surface area contributed by atoms with E-state index in [2.05, 4.69) is 36.7 Å². The monoisotopic (exact) mass is 287 g/mol. The van der Waals surface area contributed by atoms with Crippen molar-refractivity contribution in [3.63, 3.8) is 0 Å². The fraction of sp³-hybridized carbons (Fsp3) is 0.357. The zero-order valence-electron chi connectivity index (χ0n) is 11.8. The van der Waals surface area contributed by atoms with Crippen molar-refractivity contribution in [1.29, 1.82) is 0 Å². The Bertz CT molecular complexity index is 743. The predicted octanol–water partition coefficient (Wildman–Crippen LogP) is 2.99. The highest BCUT2D eigenvalue weighted by Gasteiger charge is 2.08. The standard InChI is InChI=1S/C14H17N5S/c1-8-6-11-13(18-10(3)19-14(11)17-8)15-5-4-12-16-9(2)7-20-12/h6-7H,4-5H2,1-3H3,(H2,15,17,18,19). The van der Waals surface area contributed by atoms with Crippen molar-refractivity contribution in [2.24, 2.45) is 0 Å². The van der Waals surface area contributed by atoms with Crippen LogP contribution in [0.15, 0.2) is 11.4 Å². The van der Waals surface area contributed by atoms with E-state index in [1.807, 2.05) is 20.8 Å². The van der Waals surface area contributed by atoms with E-state index in [0.717, 1.165) is 52.0 Å². The van der Waals surface area contributed by atoms with Gasteiger partial charge in [0.2, 0.25) is 0 Å². The van der Waals surface area contributed by atoms with E-state index >= 15 is 0 Å². The van der Waals surface area contributed by atoms with Crippen molar-refractivity contribution < 1.29 is 0 Å². The van der Waals surface area contributed by atoms with Crippen LogP contribution >= 0.6 is 11.3 Å². The van der Waals surface area contributed by atoms with Crippen LogP contribution in [0.25, 0.3) is 11.0 Å². The quantitative estimate of drug-likeness (QED) is 0.774. The maximum absolute atomic E-state index is 4.49. The summed E-state index contributed by atoms with van der Waals surface area (Å²) in [7, 11) is 0. The molecule has 6 heteroatoms. The second kappa shape index (κ2) is 5.20. The third kappa shape index (κ3) is 2.65. The minimum atomic E-state index is 0.770. The Hall–Kier alpha value is -1.95. The summed E-state index contributed by atoms with van der Waals surface area (Å²) in [6.45, 7) is 6.78. The fourth-order valence-electron chi connectivity index (χ4n) is 2.19. The Morgan fingerprint density at radius 1 is 1.20 bits per heavy atom. The second-order valence-electron chi connectivity index (χ2n) is 4.89. The van der Waals surface area contributed by atoms with Crippen LogP contribution in [0, 0.1) is 20.8 Å². The molecule has 0 atom stereocenters. The van der Waals surface area contributed by atoms with Gasteiger partial charge in [-0.3, -0.25) is 0 Å².